The molecule has 1 aromatic heterocycles. The van der Waals surface area contributed by atoms with Gasteiger partial charge in [-0.1, -0.05) is 11.6 Å². The van der Waals surface area contributed by atoms with E-state index in [2.05, 4.69) is 0 Å². The van der Waals surface area contributed by atoms with E-state index in [-0.39, 0.29) is 5.76 Å². The molecule has 2 rings (SSSR count). The van der Waals surface area contributed by atoms with Crippen LogP contribution in [0.25, 0.3) is 0 Å². The Balaban J connectivity index is 2.12. The maximum absolute atomic E-state index is 10.8. The summed E-state index contributed by atoms with van der Waals surface area (Å²) in [4.78, 5) is 11.7. The quantitative estimate of drug-likeness (QED) is 0.663. The number of hydrogen-bond donors (Lipinski definition) is 2. The van der Waals surface area contributed by atoms with E-state index in [9.17, 15) is 4.79 Å². The van der Waals surface area contributed by atoms with Gasteiger partial charge in [-0.2, -0.15) is 0 Å². The predicted octanol–water partition coefficient (Wildman–Crippen LogP) is 3.81. The van der Waals surface area contributed by atoms with Crippen molar-refractivity contribution in [1.82, 2.24) is 0 Å². The molecule has 2 aromatic rings. The zero-order chi connectivity index (χ0) is 14.0. The molecule has 1 aromatic carbocycles. The Morgan fingerprint density at radius 2 is 2.21 bits per heavy atom. The third kappa shape index (κ3) is 3.24. The van der Waals surface area contributed by atoms with Crippen LogP contribution in [0.3, 0.4) is 0 Å². The molecular weight excluding hydrogens is 286 g/mol. The van der Waals surface area contributed by atoms with Crippen LogP contribution in [0.5, 0.6) is 0 Å². The van der Waals surface area contributed by atoms with Crippen molar-refractivity contribution < 1.29 is 14.3 Å². The summed E-state index contributed by atoms with van der Waals surface area (Å²) in [5.74, 6) is 0.0917. The number of carbonyl (C=O) groups is 1. The molecule has 100 valence electrons. The molecule has 0 atom stereocenters. The molecule has 6 heteroatoms. The van der Waals surface area contributed by atoms with Crippen molar-refractivity contribution >= 4 is 35.0 Å². The average molecular weight is 298 g/mol. The van der Waals surface area contributed by atoms with Gasteiger partial charge in [-0.15, -0.1) is 11.8 Å². The highest BCUT2D eigenvalue weighted by Gasteiger charge is 2.13. The molecule has 0 radical (unpaired) electrons. The van der Waals surface area contributed by atoms with E-state index in [4.69, 9.17) is 26.9 Å². The molecule has 3 N–H and O–H groups in total. The van der Waals surface area contributed by atoms with Gasteiger partial charge in [0.05, 0.1) is 0 Å². The van der Waals surface area contributed by atoms with Crippen LogP contribution in [-0.2, 0) is 5.75 Å². The smallest absolute Gasteiger partial charge is 0.371 e. The molecule has 0 unspecified atom stereocenters. The zero-order valence-electron chi connectivity index (χ0n) is 10.1. The third-order valence-electron chi connectivity index (χ3n) is 2.59. The van der Waals surface area contributed by atoms with Crippen molar-refractivity contribution in [2.24, 2.45) is 0 Å². The van der Waals surface area contributed by atoms with Crippen LogP contribution in [0.4, 0.5) is 5.69 Å². The van der Waals surface area contributed by atoms with E-state index in [1.165, 1.54) is 17.8 Å². The SMILES string of the molecule is Cc1oc(C(=O)O)cc1CSc1ccc(Cl)cc1N. The highest BCUT2D eigenvalue weighted by atomic mass is 35.5. The van der Waals surface area contributed by atoms with Gasteiger partial charge in [0.15, 0.2) is 0 Å². The Hall–Kier alpha value is -1.59. The first-order chi connectivity index (χ1) is 8.97. The maximum atomic E-state index is 10.8. The summed E-state index contributed by atoms with van der Waals surface area (Å²) in [6, 6.07) is 6.84. The summed E-state index contributed by atoms with van der Waals surface area (Å²) >= 11 is 7.34. The van der Waals surface area contributed by atoms with Gasteiger partial charge in [-0.3, -0.25) is 0 Å². The van der Waals surface area contributed by atoms with E-state index in [1.807, 2.05) is 6.07 Å². The van der Waals surface area contributed by atoms with E-state index < -0.39 is 5.97 Å². The van der Waals surface area contributed by atoms with Gasteiger partial charge in [0, 0.05) is 26.9 Å². The molecule has 4 nitrogen and oxygen atoms in total. The molecule has 0 spiro atoms. The molecule has 0 aliphatic heterocycles. The molecule has 0 saturated carbocycles. The molecule has 1 heterocycles. The van der Waals surface area contributed by atoms with Crippen LogP contribution in [0, 0.1) is 6.92 Å². The topological polar surface area (TPSA) is 76.5 Å². The Kier molecular flexibility index (Phi) is 4.07. The minimum absolute atomic E-state index is 0.0443. The Labute approximate surface area is 119 Å². The lowest BCUT2D eigenvalue weighted by Crippen LogP contribution is -1.92. The second kappa shape index (κ2) is 5.59. The summed E-state index contributed by atoms with van der Waals surface area (Å²) in [6.45, 7) is 1.74. The Morgan fingerprint density at radius 3 is 2.79 bits per heavy atom. The van der Waals surface area contributed by atoms with Crippen molar-refractivity contribution in [2.45, 2.75) is 17.6 Å². The van der Waals surface area contributed by atoms with E-state index in [0.29, 0.717) is 22.2 Å². The molecular formula is C13H12ClNO3S. The van der Waals surface area contributed by atoms with E-state index >= 15 is 0 Å². The van der Waals surface area contributed by atoms with Gasteiger partial charge in [-0.25, -0.2) is 4.79 Å². The van der Waals surface area contributed by atoms with Gasteiger partial charge in [-0.05, 0) is 31.2 Å². The van der Waals surface area contributed by atoms with E-state index in [1.54, 1.807) is 19.1 Å². The fourth-order valence-corrected chi connectivity index (χ4v) is 2.74. The number of carboxylic acids is 1. The lowest BCUT2D eigenvalue weighted by Gasteiger charge is -2.05. The fraction of sp³-hybridized carbons (Fsp3) is 0.154. The number of aromatic carboxylic acids is 1. The number of hydrogen-bond acceptors (Lipinski definition) is 4. The second-order valence-corrected chi connectivity index (χ2v) is 5.42. The number of aryl methyl sites for hydroxylation is 1. The molecule has 0 fully saturated rings. The standard InChI is InChI=1S/C13H12ClNO3S/c1-7-8(4-11(18-7)13(16)17)6-19-12-3-2-9(14)5-10(12)15/h2-5H,6,15H2,1H3,(H,16,17). The number of benzene rings is 1. The summed E-state index contributed by atoms with van der Waals surface area (Å²) in [6.07, 6.45) is 0. The maximum Gasteiger partial charge on any atom is 0.371 e. The van der Waals surface area contributed by atoms with E-state index in [0.717, 1.165) is 10.5 Å². The van der Waals surface area contributed by atoms with Gasteiger partial charge in [0.1, 0.15) is 5.76 Å². The van der Waals surface area contributed by atoms with Gasteiger partial charge in [0.25, 0.3) is 0 Å². The van der Waals surface area contributed by atoms with Crippen LogP contribution in [-0.4, -0.2) is 11.1 Å². The number of thioether (sulfide) groups is 1. The number of halogens is 1. The number of carboxylic acid groups (broad SMARTS) is 1. The van der Waals surface area contributed by atoms with Gasteiger partial charge < -0.3 is 15.3 Å². The number of anilines is 1. The monoisotopic (exact) mass is 297 g/mol. The summed E-state index contributed by atoms with van der Waals surface area (Å²) in [7, 11) is 0. The zero-order valence-corrected chi connectivity index (χ0v) is 11.7. The average Bonchev–Trinajstić information content (AvgIpc) is 2.70. The molecule has 0 saturated heterocycles. The first-order valence-electron chi connectivity index (χ1n) is 5.48. The first kappa shape index (κ1) is 13.8. The first-order valence-corrected chi connectivity index (χ1v) is 6.84. The van der Waals surface area contributed by atoms with Crippen molar-refractivity contribution in [3.63, 3.8) is 0 Å². The minimum atomic E-state index is -1.06. The normalized spacial score (nSPS) is 10.6. The molecule has 0 aliphatic rings. The van der Waals surface area contributed by atoms with Crippen LogP contribution in [0.2, 0.25) is 5.02 Å². The molecule has 0 bridgehead atoms. The number of nitrogen functional groups attached to an aromatic ring is 1. The van der Waals surface area contributed by atoms with Crippen LogP contribution in [0.15, 0.2) is 33.6 Å². The highest BCUT2D eigenvalue weighted by molar-refractivity contribution is 7.98. The van der Waals surface area contributed by atoms with Crippen molar-refractivity contribution in [1.29, 1.82) is 0 Å². The fourth-order valence-electron chi connectivity index (χ4n) is 1.57. The number of furan rings is 1. The lowest BCUT2D eigenvalue weighted by atomic mass is 10.3. The predicted molar refractivity (Wildman–Crippen MR) is 75.8 cm³/mol. The molecule has 0 amide bonds. The summed E-state index contributed by atoms with van der Waals surface area (Å²) < 4.78 is 5.15. The second-order valence-electron chi connectivity index (χ2n) is 3.97. The van der Waals surface area contributed by atoms with Crippen LogP contribution < -0.4 is 5.73 Å². The van der Waals surface area contributed by atoms with Crippen molar-refractivity contribution in [3.05, 3.63) is 46.4 Å². The Bertz CT molecular complexity index is 624. The number of rotatable bonds is 4. The Morgan fingerprint density at radius 1 is 1.47 bits per heavy atom. The molecule has 0 aliphatic carbocycles. The van der Waals surface area contributed by atoms with Crippen LogP contribution >= 0.6 is 23.4 Å². The highest BCUT2D eigenvalue weighted by Crippen LogP contribution is 2.31. The van der Waals surface area contributed by atoms with Gasteiger partial charge >= 0.3 is 5.97 Å². The minimum Gasteiger partial charge on any atom is -0.475 e. The summed E-state index contributed by atoms with van der Waals surface area (Å²) in [5.41, 5.74) is 7.31. The van der Waals surface area contributed by atoms with Gasteiger partial charge in [0.2, 0.25) is 5.76 Å². The largest absolute Gasteiger partial charge is 0.475 e. The molecule has 19 heavy (non-hydrogen) atoms. The van der Waals surface area contributed by atoms with Crippen LogP contribution in [0.1, 0.15) is 21.9 Å². The number of nitrogens with two attached hydrogens (primary N) is 1. The summed E-state index contributed by atoms with van der Waals surface area (Å²) in [5, 5.41) is 9.44. The van der Waals surface area contributed by atoms with Crippen molar-refractivity contribution in [3.8, 4) is 0 Å². The third-order valence-corrected chi connectivity index (χ3v) is 3.96. The lowest BCUT2D eigenvalue weighted by molar-refractivity contribution is 0.0661. The van der Waals surface area contributed by atoms with Crippen molar-refractivity contribution in [2.75, 3.05) is 5.73 Å².